The fourth-order valence-electron chi connectivity index (χ4n) is 2.87. The van der Waals surface area contributed by atoms with E-state index in [-0.39, 0.29) is 6.10 Å². The van der Waals surface area contributed by atoms with Gasteiger partial charge in [0.05, 0.1) is 24.8 Å². The molecular weight excluding hydrogens is 268 g/mol. The number of fused-ring (bicyclic) bond motifs is 1. The van der Waals surface area contributed by atoms with Crippen molar-refractivity contribution in [3.05, 3.63) is 36.0 Å². The lowest BCUT2D eigenvalue weighted by molar-refractivity contribution is -0.0337. The smallest absolute Gasteiger partial charge is 0.335 e. The van der Waals surface area contributed by atoms with Gasteiger partial charge in [-0.05, 0) is 30.1 Å². The summed E-state index contributed by atoms with van der Waals surface area (Å²) in [5, 5.41) is 10.2. The SMILES string of the molecule is CCN1CCOC(Cn2ccc3ccc(C(=O)O)cc32)C1. The van der Waals surface area contributed by atoms with Crippen LogP contribution in [0.4, 0.5) is 0 Å². The predicted octanol–water partition coefficient (Wildman–Crippen LogP) is 2.06. The van der Waals surface area contributed by atoms with Crippen molar-refractivity contribution >= 4 is 16.9 Å². The molecule has 0 saturated carbocycles. The van der Waals surface area contributed by atoms with E-state index in [9.17, 15) is 4.79 Å². The number of aromatic nitrogens is 1. The van der Waals surface area contributed by atoms with Crippen LogP contribution in [0.25, 0.3) is 10.9 Å². The average molecular weight is 288 g/mol. The molecule has 1 aliphatic heterocycles. The molecule has 1 atom stereocenters. The van der Waals surface area contributed by atoms with Crippen molar-refractivity contribution in [2.24, 2.45) is 0 Å². The van der Waals surface area contributed by atoms with Crippen molar-refractivity contribution in [1.82, 2.24) is 9.47 Å². The van der Waals surface area contributed by atoms with Crippen LogP contribution in [0, 0.1) is 0 Å². The quantitative estimate of drug-likeness (QED) is 0.935. The van der Waals surface area contributed by atoms with E-state index in [0.29, 0.717) is 5.56 Å². The molecule has 0 bridgehead atoms. The van der Waals surface area contributed by atoms with Gasteiger partial charge in [0.15, 0.2) is 0 Å². The Balaban J connectivity index is 1.83. The fourth-order valence-corrected chi connectivity index (χ4v) is 2.87. The highest BCUT2D eigenvalue weighted by molar-refractivity contribution is 5.93. The van der Waals surface area contributed by atoms with Gasteiger partial charge in [0.25, 0.3) is 0 Å². The van der Waals surface area contributed by atoms with E-state index in [1.54, 1.807) is 12.1 Å². The first kappa shape index (κ1) is 14.1. The lowest BCUT2D eigenvalue weighted by Crippen LogP contribution is -2.43. The zero-order chi connectivity index (χ0) is 14.8. The number of benzene rings is 1. The molecule has 5 nitrogen and oxygen atoms in total. The molecule has 5 heteroatoms. The van der Waals surface area contributed by atoms with Gasteiger partial charge in [0, 0.05) is 24.8 Å². The second-order valence-corrected chi connectivity index (χ2v) is 5.43. The third-order valence-electron chi connectivity index (χ3n) is 4.09. The van der Waals surface area contributed by atoms with Gasteiger partial charge in [-0.25, -0.2) is 4.79 Å². The summed E-state index contributed by atoms with van der Waals surface area (Å²) in [6, 6.07) is 7.25. The van der Waals surface area contributed by atoms with E-state index in [1.807, 2.05) is 18.3 Å². The van der Waals surface area contributed by atoms with Crippen LogP contribution in [0.1, 0.15) is 17.3 Å². The van der Waals surface area contributed by atoms with Crippen molar-refractivity contribution in [3.8, 4) is 0 Å². The molecule has 2 heterocycles. The molecule has 0 radical (unpaired) electrons. The van der Waals surface area contributed by atoms with Crippen molar-refractivity contribution in [2.75, 3.05) is 26.2 Å². The Kier molecular flexibility index (Phi) is 3.94. The van der Waals surface area contributed by atoms with Crippen molar-refractivity contribution in [2.45, 2.75) is 19.6 Å². The standard InChI is InChI=1S/C16H20N2O3/c1-2-17-7-8-21-14(10-17)11-18-6-5-12-3-4-13(16(19)20)9-15(12)18/h3-6,9,14H,2,7-8,10-11H2,1H3,(H,19,20). The van der Waals surface area contributed by atoms with Crippen LogP contribution in [0.5, 0.6) is 0 Å². The van der Waals surface area contributed by atoms with Crippen molar-refractivity contribution < 1.29 is 14.6 Å². The van der Waals surface area contributed by atoms with Gasteiger partial charge in [0.2, 0.25) is 0 Å². The van der Waals surface area contributed by atoms with Gasteiger partial charge < -0.3 is 14.4 Å². The van der Waals surface area contributed by atoms with Crippen LogP contribution in [0.3, 0.4) is 0 Å². The van der Waals surface area contributed by atoms with E-state index in [2.05, 4.69) is 16.4 Å². The number of ether oxygens (including phenoxy) is 1. The molecule has 1 unspecified atom stereocenters. The maximum Gasteiger partial charge on any atom is 0.335 e. The maximum atomic E-state index is 11.1. The molecular formula is C16H20N2O3. The first-order valence-corrected chi connectivity index (χ1v) is 7.33. The summed E-state index contributed by atoms with van der Waals surface area (Å²) in [5.74, 6) is -0.893. The molecule has 2 aromatic rings. The summed E-state index contributed by atoms with van der Waals surface area (Å²) in [7, 11) is 0. The highest BCUT2D eigenvalue weighted by Gasteiger charge is 2.20. The second-order valence-electron chi connectivity index (χ2n) is 5.43. The largest absolute Gasteiger partial charge is 0.478 e. The third-order valence-corrected chi connectivity index (χ3v) is 4.09. The summed E-state index contributed by atoms with van der Waals surface area (Å²) in [6.07, 6.45) is 2.16. The van der Waals surface area contributed by atoms with E-state index in [0.717, 1.165) is 43.7 Å². The van der Waals surface area contributed by atoms with Crippen LogP contribution >= 0.6 is 0 Å². The second kappa shape index (κ2) is 5.87. The summed E-state index contributed by atoms with van der Waals surface area (Å²) >= 11 is 0. The highest BCUT2D eigenvalue weighted by atomic mass is 16.5. The highest BCUT2D eigenvalue weighted by Crippen LogP contribution is 2.19. The molecule has 1 saturated heterocycles. The Bertz CT molecular complexity index is 650. The number of hydrogen-bond acceptors (Lipinski definition) is 3. The third kappa shape index (κ3) is 2.94. The molecule has 1 aromatic carbocycles. The van der Waals surface area contributed by atoms with E-state index in [4.69, 9.17) is 9.84 Å². The van der Waals surface area contributed by atoms with Gasteiger partial charge in [0.1, 0.15) is 0 Å². The Morgan fingerprint density at radius 3 is 3.05 bits per heavy atom. The van der Waals surface area contributed by atoms with Gasteiger partial charge in [-0.1, -0.05) is 13.0 Å². The van der Waals surface area contributed by atoms with Gasteiger partial charge in [-0.2, -0.15) is 0 Å². The lowest BCUT2D eigenvalue weighted by atomic mass is 10.1. The Morgan fingerprint density at radius 2 is 2.29 bits per heavy atom. The van der Waals surface area contributed by atoms with Gasteiger partial charge >= 0.3 is 5.97 Å². The minimum atomic E-state index is -0.893. The molecule has 21 heavy (non-hydrogen) atoms. The van der Waals surface area contributed by atoms with Gasteiger partial charge in [-0.15, -0.1) is 0 Å². The molecule has 112 valence electrons. The number of carbonyl (C=O) groups is 1. The number of hydrogen-bond donors (Lipinski definition) is 1. The molecule has 0 amide bonds. The summed E-state index contributed by atoms with van der Waals surface area (Å²) in [6.45, 7) is 6.63. The van der Waals surface area contributed by atoms with E-state index in [1.165, 1.54) is 0 Å². The molecule has 1 fully saturated rings. The summed E-state index contributed by atoms with van der Waals surface area (Å²) in [5.41, 5.74) is 1.27. The number of rotatable bonds is 4. The molecule has 0 spiro atoms. The van der Waals surface area contributed by atoms with Crippen LogP contribution in [-0.2, 0) is 11.3 Å². The van der Waals surface area contributed by atoms with Crippen molar-refractivity contribution in [1.29, 1.82) is 0 Å². The lowest BCUT2D eigenvalue weighted by Gasteiger charge is -2.32. The topological polar surface area (TPSA) is 54.7 Å². The van der Waals surface area contributed by atoms with Gasteiger partial charge in [-0.3, -0.25) is 4.90 Å². The maximum absolute atomic E-state index is 11.1. The fraction of sp³-hybridized carbons (Fsp3) is 0.438. The first-order valence-electron chi connectivity index (χ1n) is 7.33. The van der Waals surface area contributed by atoms with Crippen LogP contribution in [0.2, 0.25) is 0 Å². The number of carboxylic acid groups (broad SMARTS) is 1. The Labute approximate surface area is 123 Å². The number of morpholine rings is 1. The van der Waals surface area contributed by atoms with Crippen molar-refractivity contribution in [3.63, 3.8) is 0 Å². The zero-order valence-electron chi connectivity index (χ0n) is 12.2. The number of likely N-dealkylation sites (N-methyl/N-ethyl adjacent to an activating group) is 1. The average Bonchev–Trinajstić information content (AvgIpc) is 2.90. The normalized spacial score (nSPS) is 20.0. The predicted molar refractivity (Wildman–Crippen MR) is 80.8 cm³/mol. The number of nitrogens with zero attached hydrogens (tertiary/aromatic N) is 2. The van der Waals surface area contributed by atoms with E-state index < -0.39 is 5.97 Å². The van der Waals surface area contributed by atoms with E-state index >= 15 is 0 Å². The minimum absolute atomic E-state index is 0.155. The molecule has 3 rings (SSSR count). The molecule has 1 N–H and O–H groups in total. The summed E-state index contributed by atoms with van der Waals surface area (Å²) in [4.78, 5) is 13.5. The van der Waals surface area contributed by atoms with Crippen LogP contribution < -0.4 is 0 Å². The minimum Gasteiger partial charge on any atom is -0.478 e. The monoisotopic (exact) mass is 288 g/mol. The van der Waals surface area contributed by atoms with Crippen LogP contribution in [0.15, 0.2) is 30.5 Å². The Morgan fingerprint density at radius 1 is 1.43 bits per heavy atom. The van der Waals surface area contributed by atoms with Crippen LogP contribution in [-0.4, -0.2) is 52.9 Å². The molecule has 0 aliphatic carbocycles. The number of aromatic carboxylic acids is 1. The Hall–Kier alpha value is -1.85. The molecule has 1 aromatic heterocycles. The zero-order valence-corrected chi connectivity index (χ0v) is 12.2. The summed E-state index contributed by atoms with van der Waals surface area (Å²) < 4.78 is 7.92. The first-order chi connectivity index (χ1) is 10.2. The molecule has 1 aliphatic rings. The number of carboxylic acids is 1.